The quantitative estimate of drug-likeness (QED) is 0.0433. The van der Waals surface area contributed by atoms with E-state index in [0.717, 1.165) is 105 Å². The lowest BCUT2D eigenvalue weighted by atomic mass is 10.0. The number of methoxy groups -OCH3 is 1. The Morgan fingerprint density at radius 3 is 1.64 bits per heavy atom. The van der Waals surface area contributed by atoms with Gasteiger partial charge in [-0.1, -0.05) is 48.0 Å². The van der Waals surface area contributed by atoms with Crippen LogP contribution in [0.2, 0.25) is 5.02 Å². The molecule has 2 unspecified atom stereocenters. The molecule has 9 aromatic rings. The highest BCUT2D eigenvalue weighted by molar-refractivity contribution is 6.32. The molecule has 2 atom stereocenters. The summed E-state index contributed by atoms with van der Waals surface area (Å²) in [5.74, 6) is 5.79. The molecule has 0 aliphatic carbocycles. The van der Waals surface area contributed by atoms with Crippen molar-refractivity contribution in [2.75, 3.05) is 33.5 Å². The third-order valence-electron chi connectivity index (χ3n) is 13.0. The zero-order chi connectivity index (χ0) is 50.7. The van der Waals surface area contributed by atoms with Crippen molar-refractivity contribution in [2.45, 2.75) is 96.9 Å². The number of imidazole rings is 3. The number of para-hydroxylation sites is 2. The first-order chi connectivity index (χ1) is 35.7. The van der Waals surface area contributed by atoms with Crippen LogP contribution in [0.15, 0.2) is 110 Å². The van der Waals surface area contributed by atoms with Crippen molar-refractivity contribution in [2.24, 2.45) is 17.2 Å². The number of unbranched alkanes of at least 4 members (excludes halogenated alkanes) is 1. The first kappa shape index (κ1) is 50.8. The Kier molecular flexibility index (Phi) is 16.8. The monoisotopic (exact) mass is 1000 g/mol. The normalized spacial score (nSPS) is 12.5. The highest BCUT2D eigenvalue weighted by atomic mass is 35.5. The number of aryl methyl sites for hydroxylation is 6. The standard InChI is InChI=1S/C56H65ClN12O4/c1-37-31-46-54(61-32-37)68(47(64-46)19-12-30-73-42-24-22-39(70-3)23-25-42)36-45(60)51-43(57)34-63-56-53(51)66-49(21-14-29-72-41-17-8-5-9-18-41)69(56)35-44(59)50-38(2)33-62-55-52(50)65-48(67(55)27-11-10-26-58)20-13-28-71-40-15-6-4-7-16-40/h4-9,15-18,22-25,31-34,44-45H,10-14,19-21,26-30,35-36,58-60H2,1-3H3. The van der Waals surface area contributed by atoms with E-state index in [1.165, 1.54) is 0 Å². The highest BCUT2D eigenvalue weighted by Crippen LogP contribution is 2.34. The number of aromatic nitrogens is 9. The largest absolute Gasteiger partial charge is 0.497 e. The second-order valence-corrected chi connectivity index (χ2v) is 18.8. The zero-order valence-electron chi connectivity index (χ0n) is 41.9. The molecular formula is C56H65ClN12O4. The molecule has 17 heteroatoms. The summed E-state index contributed by atoms with van der Waals surface area (Å²) in [5, 5.41) is 0.420. The van der Waals surface area contributed by atoms with E-state index in [0.29, 0.717) is 93.3 Å². The molecule has 16 nitrogen and oxygen atoms in total. The average molecular weight is 1010 g/mol. The summed E-state index contributed by atoms with van der Waals surface area (Å²) < 4.78 is 30.0. The fourth-order valence-corrected chi connectivity index (χ4v) is 9.72. The van der Waals surface area contributed by atoms with Crippen LogP contribution in [-0.4, -0.2) is 77.1 Å². The lowest BCUT2D eigenvalue weighted by Crippen LogP contribution is -2.22. The Bertz CT molecular complexity index is 3230. The third-order valence-corrected chi connectivity index (χ3v) is 13.3. The van der Waals surface area contributed by atoms with Crippen LogP contribution in [0.1, 0.15) is 83.9 Å². The number of ether oxygens (including phenoxy) is 4. The summed E-state index contributed by atoms with van der Waals surface area (Å²) in [4.78, 5) is 30.4. The lowest BCUT2D eigenvalue weighted by Gasteiger charge is -2.19. The summed E-state index contributed by atoms with van der Waals surface area (Å²) in [6.45, 7) is 7.65. The van der Waals surface area contributed by atoms with Gasteiger partial charge in [-0.25, -0.2) is 29.9 Å². The fourth-order valence-electron chi connectivity index (χ4n) is 9.44. The summed E-state index contributed by atoms with van der Waals surface area (Å²) in [7, 11) is 1.65. The van der Waals surface area contributed by atoms with Gasteiger partial charge in [-0.3, -0.25) is 0 Å². The zero-order valence-corrected chi connectivity index (χ0v) is 42.7. The smallest absolute Gasteiger partial charge is 0.160 e. The molecule has 0 aliphatic rings. The van der Waals surface area contributed by atoms with Gasteiger partial charge in [0.25, 0.3) is 0 Å². The SMILES string of the molecule is COc1ccc(OCCCc2nc3cc(C)cnc3n2CC(N)c2c(Cl)cnc3c2nc(CCCOc2ccccc2)n3CC(N)c2c(C)cnc3c2nc(CCCOc2ccccc2)n3CCCCN)cc1. The van der Waals surface area contributed by atoms with Gasteiger partial charge in [0.05, 0.1) is 44.0 Å². The van der Waals surface area contributed by atoms with Crippen LogP contribution in [0.5, 0.6) is 23.0 Å². The Hall–Kier alpha value is -7.11. The van der Waals surface area contributed by atoms with Crippen molar-refractivity contribution in [3.63, 3.8) is 0 Å². The molecular weight excluding hydrogens is 940 g/mol. The van der Waals surface area contributed by atoms with E-state index < -0.39 is 12.1 Å². The van der Waals surface area contributed by atoms with Crippen molar-refractivity contribution in [1.82, 2.24) is 43.6 Å². The van der Waals surface area contributed by atoms with Crippen LogP contribution >= 0.6 is 11.6 Å². The predicted octanol–water partition coefficient (Wildman–Crippen LogP) is 9.37. The number of halogens is 1. The maximum atomic E-state index is 7.41. The molecule has 0 saturated heterocycles. The van der Waals surface area contributed by atoms with Crippen molar-refractivity contribution in [1.29, 1.82) is 0 Å². The molecule has 380 valence electrons. The van der Waals surface area contributed by atoms with Gasteiger partial charge in [0.1, 0.15) is 57.0 Å². The molecule has 0 radical (unpaired) electrons. The molecule has 6 heterocycles. The number of fused-ring (bicyclic) bond motifs is 3. The van der Waals surface area contributed by atoms with E-state index in [4.69, 9.17) is 77.7 Å². The molecule has 73 heavy (non-hydrogen) atoms. The number of hydrogen-bond acceptors (Lipinski definition) is 13. The van der Waals surface area contributed by atoms with Gasteiger partial charge < -0.3 is 49.8 Å². The molecule has 0 fully saturated rings. The number of pyridine rings is 3. The Labute approximate surface area is 430 Å². The van der Waals surface area contributed by atoms with Crippen molar-refractivity contribution < 1.29 is 18.9 Å². The van der Waals surface area contributed by atoms with Gasteiger partial charge in [-0.15, -0.1) is 0 Å². The first-order valence-electron chi connectivity index (χ1n) is 25.2. The summed E-state index contributed by atoms with van der Waals surface area (Å²) in [6.07, 6.45) is 11.3. The van der Waals surface area contributed by atoms with Crippen molar-refractivity contribution in [3.8, 4) is 23.0 Å². The molecule has 0 saturated carbocycles. The Balaban J connectivity index is 1.02. The molecule has 6 N–H and O–H groups in total. The van der Waals surface area contributed by atoms with Crippen LogP contribution in [0.25, 0.3) is 33.5 Å². The van der Waals surface area contributed by atoms with Gasteiger partial charge in [0, 0.05) is 68.6 Å². The number of nitrogens with two attached hydrogens (primary N) is 3. The van der Waals surface area contributed by atoms with E-state index >= 15 is 0 Å². The second kappa shape index (κ2) is 24.1. The van der Waals surface area contributed by atoms with E-state index in [-0.39, 0.29) is 0 Å². The van der Waals surface area contributed by atoms with Crippen LogP contribution in [0.3, 0.4) is 0 Å². The summed E-state index contributed by atoms with van der Waals surface area (Å²) >= 11 is 7.15. The number of rotatable bonds is 26. The van der Waals surface area contributed by atoms with E-state index in [1.807, 2.05) is 117 Å². The first-order valence-corrected chi connectivity index (χ1v) is 25.6. The number of benzene rings is 3. The maximum Gasteiger partial charge on any atom is 0.160 e. The topological polar surface area (TPSA) is 207 Å². The van der Waals surface area contributed by atoms with E-state index in [1.54, 1.807) is 13.3 Å². The minimum atomic E-state index is -0.610. The Morgan fingerprint density at radius 1 is 0.548 bits per heavy atom. The molecule has 6 aromatic heterocycles. The average Bonchev–Trinajstić information content (AvgIpc) is 4.05. The maximum absolute atomic E-state index is 7.41. The van der Waals surface area contributed by atoms with Crippen LogP contribution in [-0.2, 0) is 38.9 Å². The predicted molar refractivity (Wildman–Crippen MR) is 287 cm³/mol. The molecule has 0 amide bonds. The lowest BCUT2D eigenvalue weighted by molar-refractivity contribution is 0.308. The van der Waals surface area contributed by atoms with Crippen LogP contribution in [0, 0.1) is 13.8 Å². The molecule has 0 aliphatic heterocycles. The molecule has 3 aromatic carbocycles. The van der Waals surface area contributed by atoms with Gasteiger partial charge in [0.15, 0.2) is 16.9 Å². The van der Waals surface area contributed by atoms with Gasteiger partial charge in [-0.05, 0) is 118 Å². The van der Waals surface area contributed by atoms with Gasteiger partial charge in [-0.2, -0.15) is 0 Å². The van der Waals surface area contributed by atoms with Crippen LogP contribution in [0.4, 0.5) is 0 Å². The Morgan fingerprint density at radius 2 is 1.04 bits per heavy atom. The number of nitrogens with zero attached hydrogens (tertiary/aromatic N) is 9. The third kappa shape index (κ3) is 12.1. The van der Waals surface area contributed by atoms with Gasteiger partial charge in [0.2, 0.25) is 0 Å². The van der Waals surface area contributed by atoms with Crippen molar-refractivity contribution >= 4 is 45.1 Å². The summed E-state index contributed by atoms with van der Waals surface area (Å²) in [6, 6.07) is 28.2. The molecule has 9 rings (SSSR count). The number of hydrogen-bond donors (Lipinski definition) is 3. The molecule has 0 spiro atoms. The minimum absolute atomic E-state index is 0.343. The fraction of sp³-hybridized carbons (Fsp3) is 0.357. The van der Waals surface area contributed by atoms with Crippen molar-refractivity contribution in [3.05, 3.63) is 154 Å². The highest BCUT2D eigenvalue weighted by Gasteiger charge is 2.27. The van der Waals surface area contributed by atoms with E-state index in [9.17, 15) is 0 Å². The second-order valence-electron chi connectivity index (χ2n) is 18.4. The summed E-state index contributed by atoms with van der Waals surface area (Å²) in [5.41, 5.74) is 28.6. The molecule has 0 bridgehead atoms. The van der Waals surface area contributed by atoms with Gasteiger partial charge >= 0.3 is 0 Å². The minimum Gasteiger partial charge on any atom is -0.497 e. The van der Waals surface area contributed by atoms with E-state index in [2.05, 4.69) is 13.7 Å². The van der Waals surface area contributed by atoms with Crippen LogP contribution < -0.4 is 36.1 Å².